The fraction of sp³-hybridized carbons (Fsp3) is 0.143. The van der Waals surface area contributed by atoms with Crippen LogP contribution < -0.4 is 0 Å². The van der Waals surface area contributed by atoms with Gasteiger partial charge in [0.05, 0.1) is 0 Å². The molecule has 18 heavy (non-hydrogen) atoms. The van der Waals surface area contributed by atoms with Crippen molar-refractivity contribution in [2.75, 3.05) is 0 Å². The van der Waals surface area contributed by atoms with Crippen LogP contribution in [0.25, 0.3) is 0 Å². The zero-order valence-corrected chi connectivity index (χ0v) is 10.3. The molecule has 0 atom stereocenters. The van der Waals surface area contributed by atoms with E-state index < -0.39 is 0 Å². The molecule has 0 saturated heterocycles. The Morgan fingerprint density at radius 3 is 0.944 bits per heavy atom. The molecule has 0 bridgehead atoms. The zero-order chi connectivity index (χ0) is 13.7. The third kappa shape index (κ3) is 3.31. The Balaban J connectivity index is 0.000000180. The van der Waals surface area contributed by atoms with Crippen LogP contribution >= 0.6 is 0 Å². The summed E-state index contributed by atoms with van der Waals surface area (Å²) in [6.07, 6.45) is 0. The van der Waals surface area contributed by atoms with E-state index in [9.17, 15) is 0 Å². The van der Waals surface area contributed by atoms with E-state index in [2.05, 4.69) is 0 Å². The van der Waals surface area contributed by atoms with Gasteiger partial charge in [-0.3, -0.25) is 0 Å². The molecule has 2 aromatic carbocycles. The second-order valence-electron chi connectivity index (χ2n) is 3.84. The van der Waals surface area contributed by atoms with Crippen molar-refractivity contribution in [1.29, 1.82) is 0 Å². The van der Waals surface area contributed by atoms with E-state index in [1.54, 1.807) is 26.0 Å². The standard InChI is InChI=1S/2C7H8O2/c2*1-5-6(8)3-2-4-7(5)9/h2*2-4,8-9H,1H3. The topological polar surface area (TPSA) is 80.9 Å². The van der Waals surface area contributed by atoms with E-state index in [0.29, 0.717) is 11.1 Å². The third-order valence-electron chi connectivity index (χ3n) is 2.55. The highest BCUT2D eigenvalue weighted by molar-refractivity contribution is 5.41. The largest absolute Gasteiger partial charge is 0.508 e. The van der Waals surface area contributed by atoms with Crippen LogP contribution in [-0.2, 0) is 0 Å². The van der Waals surface area contributed by atoms with Crippen molar-refractivity contribution in [3.8, 4) is 23.0 Å². The predicted molar refractivity (Wildman–Crippen MR) is 69.0 cm³/mol. The summed E-state index contributed by atoms with van der Waals surface area (Å²) in [5.74, 6) is 0.537. The number of hydrogen-bond acceptors (Lipinski definition) is 4. The average molecular weight is 248 g/mol. The van der Waals surface area contributed by atoms with Crippen LogP contribution in [0.2, 0.25) is 0 Å². The summed E-state index contributed by atoms with van der Waals surface area (Å²) in [6.45, 7) is 3.31. The number of phenols is 4. The van der Waals surface area contributed by atoms with E-state index in [0.717, 1.165) is 0 Å². The van der Waals surface area contributed by atoms with Crippen LogP contribution in [0, 0.1) is 13.8 Å². The highest BCUT2D eigenvalue weighted by Crippen LogP contribution is 2.24. The van der Waals surface area contributed by atoms with Gasteiger partial charge < -0.3 is 20.4 Å². The molecule has 0 saturated carbocycles. The first-order valence-electron chi connectivity index (χ1n) is 5.38. The SMILES string of the molecule is Cc1c(O)cccc1O.Cc1c(O)cccc1O. The lowest BCUT2D eigenvalue weighted by atomic mass is 10.2. The first kappa shape index (κ1) is 13.7. The van der Waals surface area contributed by atoms with Crippen molar-refractivity contribution < 1.29 is 20.4 Å². The minimum absolute atomic E-state index is 0.134. The minimum Gasteiger partial charge on any atom is -0.508 e. The van der Waals surface area contributed by atoms with Crippen LogP contribution in [0.1, 0.15) is 11.1 Å². The normalized spacial score (nSPS) is 9.44. The fourth-order valence-electron chi connectivity index (χ4n) is 1.22. The van der Waals surface area contributed by atoms with E-state index in [1.165, 1.54) is 24.3 Å². The molecule has 0 unspecified atom stereocenters. The number of benzene rings is 2. The Morgan fingerprint density at radius 1 is 0.556 bits per heavy atom. The van der Waals surface area contributed by atoms with Gasteiger partial charge in [-0.15, -0.1) is 0 Å². The second kappa shape index (κ2) is 5.82. The summed E-state index contributed by atoms with van der Waals surface area (Å²) in [4.78, 5) is 0. The van der Waals surface area contributed by atoms with Crippen molar-refractivity contribution in [3.05, 3.63) is 47.5 Å². The highest BCUT2D eigenvalue weighted by atomic mass is 16.3. The first-order chi connectivity index (χ1) is 8.43. The summed E-state index contributed by atoms with van der Waals surface area (Å²) in [5.41, 5.74) is 1.05. The van der Waals surface area contributed by atoms with Crippen molar-refractivity contribution in [2.45, 2.75) is 13.8 Å². The van der Waals surface area contributed by atoms with Gasteiger partial charge in [-0.05, 0) is 38.1 Å². The van der Waals surface area contributed by atoms with E-state index in [1.807, 2.05) is 0 Å². The lowest BCUT2D eigenvalue weighted by Gasteiger charge is -1.98. The molecule has 4 heteroatoms. The molecule has 96 valence electrons. The molecule has 2 rings (SSSR count). The Labute approximate surface area is 105 Å². The molecule has 4 nitrogen and oxygen atoms in total. The van der Waals surface area contributed by atoms with Gasteiger partial charge in [0.25, 0.3) is 0 Å². The van der Waals surface area contributed by atoms with Crippen LogP contribution in [0.15, 0.2) is 36.4 Å². The van der Waals surface area contributed by atoms with Crippen molar-refractivity contribution >= 4 is 0 Å². The van der Waals surface area contributed by atoms with Crippen LogP contribution in [-0.4, -0.2) is 20.4 Å². The Morgan fingerprint density at radius 2 is 0.778 bits per heavy atom. The quantitative estimate of drug-likeness (QED) is 0.578. The number of phenolic OH excluding ortho intramolecular Hbond substituents is 4. The smallest absolute Gasteiger partial charge is 0.122 e. The molecule has 0 aliphatic rings. The number of rotatable bonds is 0. The monoisotopic (exact) mass is 248 g/mol. The molecule has 0 aliphatic carbocycles. The molecule has 0 radical (unpaired) electrons. The van der Waals surface area contributed by atoms with Crippen LogP contribution in [0.3, 0.4) is 0 Å². The summed E-state index contributed by atoms with van der Waals surface area (Å²) >= 11 is 0. The van der Waals surface area contributed by atoms with Gasteiger partial charge in [0.2, 0.25) is 0 Å². The van der Waals surface area contributed by atoms with E-state index >= 15 is 0 Å². The van der Waals surface area contributed by atoms with Gasteiger partial charge in [-0.2, -0.15) is 0 Å². The van der Waals surface area contributed by atoms with Crippen molar-refractivity contribution in [1.82, 2.24) is 0 Å². The third-order valence-corrected chi connectivity index (χ3v) is 2.55. The van der Waals surface area contributed by atoms with Crippen molar-refractivity contribution in [3.63, 3.8) is 0 Å². The summed E-state index contributed by atoms with van der Waals surface area (Å²) in [7, 11) is 0. The maximum atomic E-state index is 8.94. The molecular formula is C14H16O4. The van der Waals surface area contributed by atoms with E-state index in [-0.39, 0.29) is 23.0 Å². The average Bonchev–Trinajstić information content (AvgIpc) is 2.34. The lowest BCUT2D eigenvalue weighted by Crippen LogP contribution is -1.73. The Bertz CT molecular complexity index is 445. The summed E-state index contributed by atoms with van der Waals surface area (Å²) in [5, 5.41) is 35.8. The molecule has 0 aromatic heterocycles. The summed E-state index contributed by atoms with van der Waals surface area (Å²) < 4.78 is 0. The van der Waals surface area contributed by atoms with Crippen molar-refractivity contribution in [2.24, 2.45) is 0 Å². The molecule has 0 amide bonds. The molecule has 2 aromatic rings. The Kier molecular flexibility index (Phi) is 4.43. The molecule has 0 spiro atoms. The van der Waals surface area contributed by atoms with Crippen LogP contribution in [0.4, 0.5) is 0 Å². The van der Waals surface area contributed by atoms with Gasteiger partial charge in [-0.1, -0.05) is 12.1 Å². The Hall–Kier alpha value is -2.36. The fourth-order valence-corrected chi connectivity index (χ4v) is 1.22. The summed E-state index contributed by atoms with van der Waals surface area (Å²) in [6, 6.07) is 9.34. The van der Waals surface area contributed by atoms with Gasteiger partial charge in [-0.25, -0.2) is 0 Å². The second-order valence-corrected chi connectivity index (χ2v) is 3.84. The van der Waals surface area contributed by atoms with Gasteiger partial charge >= 0.3 is 0 Å². The first-order valence-corrected chi connectivity index (χ1v) is 5.38. The predicted octanol–water partition coefficient (Wildman–Crippen LogP) is 2.81. The van der Waals surface area contributed by atoms with Gasteiger partial charge in [0.1, 0.15) is 23.0 Å². The number of aromatic hydroxyl groups is 4. The highest BCUT2D eigenvalue weighted by Gasteiger charge is 1.98. The zero-order valence-electron chi connectivity index (χ0n) is 10.3. The molecule has 0 heterocycles. The van der Waals surface area contributed by atoms with Crippen LogP contribution in [0.5, 0.6) is 23.0 Å². The van der Waals surface area contributed by atoms with Gasteiger partial charge in [0, 0.05) is 11.1 Å². The van der Waals surface area contributed by atoms with Gasteiger partial charge in [0.15, 0.2) is 0 Å². The lowest BCUT2D eigenvalue weighted by molar-refractivity contribution is 0.442. The maximum absolute atomic E-state index is 8.94. The maximum Gasteiger partial charge on any atom is 0.122 e. The minimum atomic E-state index is 0.134. The van der Waals surface area contributed by atoms with E-state index in [4.69, 9.17) is 20.4 Å². The molecular weight excluding hydrogens is 232 g/mol. The number of hydrogen-bond donors (Lipinski definition) is 4. The molecule has 0 fully saturated rings. The molecule has 0 aliphatic heterocycles. The molecule has 4 N–H and O–H groups in total.